The SMILES string of the molecule is NOCCC1CCCCN1c1ccc(F)cc1. The van der Waals surface area contributed by atoms with E-state index in [0.717, 1.165) is 25.1 Å². The van der Waals surface area contributed by atoms with Gasteiger partial charge in [0, 0.05) is 18.3 Å². The Balaban J connectivity index is 2.07. The van der Waals surface area contributed by atoms with Gasteiger partial charge in [-0.2, -0.15) is 0 Å². The second-order valence-corrected chi connectivity index (χ2v) is 4.48. The van der Waals surface area contributed by atoms with Gasteiger partial charge >= 0.3 is 0 Å². The van der Waals surface area contributed by atoms with Gasteiger partial charge in [-0.1, -0.05) is 0 Å². The molecular weight excluding hydrogens is 219 g/mol. The summed E-state index contributed by atoms with van der Waals surface area (Å²) < 4.78 is 12.9. The molecule has 1 aromatic rings. The third-order valence-corrected chi connectivity index (χ3v) is 3.35. The summed E-state index contributed by atoms with van der Waals surface area (Å²) in [7, 11) is 0. The van der Waals surface area contributed by atoms with Crippen LogP contribution >= 0.6 is 0 Å². The molecule has 0 bridgehead atoms. The molecule has 1 saturated heterocycles. The van der Waals surface area contributed by atoms with Crippen LogP contribution in [0.5, 0.6) is 0 Å². The van der Waals surface area contributed by atoms with Gasteiger partial charge in [0.15, 0.2) is 0 Å². The highest BCUT2D eigenvalue weighted by Crippen LogP contribution is 2.26. The van der Waals surface area contributed by atoms with Crippen LogP contribution in [0.1, 0.15) is 25.7 Å². The van der Waals surface area contributed by atoms with E-state index in [9.17, 15) is 4.39 Å². The number of nitrogens with zero attached hydrogens (tertiary/aromatic N) is 1. The number of hydrogen-bond donors (Lipinski definition) is 1. The molecule has 2 N–H and O–H groups in total. The lowest BCUT2D eigenvalue weighted by atomic mass is 9.99. The molecule has 1 heterocycles. The van der Waals surface area contributed by atoms with Gasteiger partial charge in [0.25, 0.3) is 0 Å². The van der Waals surface area contributed by atoms with E-state index in [-0.39, 0.29) is 5.82 Å². The number of rotatable bonds is 4. The van der Waals surface area contributed by atoms with E-state index in [1.54, 1.807) is 0 Å². The average molecular weight is 238 g/mol. The molecule has 0 radical (unpaired) electrons. The number of halogens is 1. The first-order chi connectivity index (χ1) is 8.31. The van der Waals surface area contributed by atoms with E-state index in [2.05, 4.69) is 9.74 Å². The molecule has 3 nitrogen and oxygen atoms in total. The zero-order valence-electron chi connectivity index (χ0n) is 9.94. The average Bonchev–Trinajstić information content (AvgIpc) is 2.38. The summed E-state index contributed by atoms with van der Waals surface area (Å²) in [5.41, 5.74) is 1.09. The molecule has 2 rings (SSSR count). The van der Waals surface area contributed by atoms with Crippen LogP contribution in [-0.2, 0) is 4.84 Å². The van der Waals surface area contributed by atoms with E-state index in [4.69, 9.17) is 5.90 Å². The molecule has 1 aliphatic rings. The number of anilines is 1. The van der Waals surface area contributed by atoms with Gasteiger partial charge in [0.1, 0.15) is 5.82 Å². The Kier molecular flexibility index (Phi) is 4.34. The molecule has 0 amide bonds. The highest BCUT2D eigenvalue weighted by Gasteiger charge is 2.22. The Morgan fingerprint density at radius 2 is 2.06 bits per heavy atom. The fourth-order valence-corrected chi connectivity index (χ4v) is 2.48. The lowest BCUT2D eigenvalue weighted by molar-refractivity contribution is 0.127. The maximum Gasteiger partial charge on any atom is 0.123 e. The van der Waals surface area contributed by atoms with Crippen molar-refractivity contribution >= 4 is 5.69 Å². The summed E-state index contributed by atoms with van der Waals surface area (Å²) in [4.78, 5) is 7.00. The van der Waals surface area contributed by atoms with Crippen molar-refractivity contribution in [2.45, 2.75) is 31.7 Å². The van der Waals surface area contributed by atoms with E-state index in [1.165, 1.54) is 25.0 Å². The monoisotopic (exact) mass is 238 g/mol. The van der Waals surface area contributed by atoms with Crippen molar-refractivity contribution in [1.82, 2.24) is 0 Å². The molecule has 0 spiro atoms. The predicted octanol–water partition coefficient (Wildman–Crippen LogP) is 2.47. The maximum absolute atomic E-state index is 12.9. The Labute approximate surface area is 101 Å². The minimum Gasteiger partial charge on any atom is -0.368 e. The quantitative estimate of drug-likeness (QED) is 0.819. The first-order valence-corrected chi connectivity index (χ1v) is 6.15. The van der Waals surface area contributed by atoms with E-state index in [0.29, 0.717) is 12.6 Å². The van der Waals surface area contributed by atoms with Gasteiger partial charge in [-0.05, 0) is 49.9 Å². The normalized spacial score (nSPS) is 20.6. The summed E-state index contributed by atoms with van der Waals surface area (Å²) in [5, 5.41) is 0. The molecule has 1 aromatic carbocycles. The van der Waals surface area contributed by atoms with Crippen molar-refractivity contribution < 1.29 is 9.23 Å². The lowest BCUT2D eigenvalue weighted by Gasteiger charge is -2.37. The largest absolute Gasteiger partial charge is 0.368 e. The molecule has 1 unspecified atom stereocenters. The Hall–Kier alpha value is -1.13. The van der Waals surface area contributed by atoms with Crippen LogP contribution < -0.4 is 10.8 Å². The highest BCUT2D eigenvalue weighted by molar-refractivity contribution is 5.47. The first-order valence-electron chi connectivity index (χ1n) is 6.15. The maximum atomic E-state index is 12.9. The van der Waals surface area contributed by atoms with Crippen LogP contribution in [-0.4, -0.2) is 19.2 Å². The third-order valence-electron chi connectivity index (χ3n) is 3.35. The molecule has 4 heteroatoms. The minimum absolute atomic E-state index is 0.187. The molecule has 17 heavy (non-hydrogen) atoms. The van der Waals surface area contributed by atoms with Gasteiger partial charge in [0.05, 0.1) is 6.61 Å². The lowest BCUT2D eigenvalue weighted by Crippen LogP contribution is -2.40. The predicted molar refractivity (Wildman–Crippen MR) is 66.1 cm³/mol. The molecule has 1 fully saturated rings. The van der Waals surface area contributed by atoms with Crippen molar-refractivity contribution in [2.75, 3.05) is 18.1 Å². The van der Waals surface area contributed by atoms with Crippen molar-refractivity contribution in [2.24, 2.45) is 5.90 Å². The minimum atomic E-state index is -0.187. The third kappa shape index (κ3) is 3.17. The number of nitrogens with two attached hydrogens (primary N) is 1. The van der Waals surface area contributed by atoms with Crippen molar-refractivity contribution in [1.29, 1.82) is 0 Å². The summed E-state index contributed by atoms with van der Waals surface area (Å²) in [5.74, 6) is 4.89. The second kappa shape index (κ2) is 5.98. The molecule has 0 aliphatic carbocycles. The van der Waals surface area contributed by atoms with Crippen LogP contribution in [0.4, 0.5) is 10.1 Å². The van der Waals surface area contributed by atoms with Crippen LogP contribution in [0.15, 0.2) is 24.3 Å². The van der Waals surface area contributed by atoms with Gasteiger partial charge in [-0.3, -0.25) is 0 Å². The molecule has 1 atom stereocenters. The Morgan fingerprint density at radius 3 is 2.76 bits per heavy atom. The van der Waals surface area contributed by atoms with Gasteiger partial charge in [0.2, 0.25) is 0 Å². The van der Waals surface area contributed by atoms with Gasteiger partial charge in [-0.25, -0.2) is 10.3 Å². The number of benzene rings is 1. The van der Waals surface area contributed by atoms with Crippen molar-refractivity contribution in [3.8, 4) is 0 Å². The molecular formula is C13H19FN2O. The Bertz CT molecular complexity index is 342. The van der Waals surface area contributed by atoms with Crippen LogP contribution in [0, 0.1) is 5.82 Å². The zero-order valence-corrected chi connectivity index (χ0v) is 9.94. The van der Waals surface area contributed by atoms with Crippen LogP contribution in [0.25, 0.3) is 0 Å². The van der Waals surface area contributed by atoms with E-state index in [1.807, 2.05) is 12.1 Å². The zero-order chi connectivity index (χ0) is 12.1. The molecule has 0 saturated carbocycles. The highest BCUT2D eigenvalue weighted by atomic mass is 19.1. The standard InChI is InChI=1S/C13H19FN2O/c14-11-4-6-13(7-5-11)16-9-2-1-3-12(16)8-10-17-15/h4-7,12H,1-3,8-10,15H2. The smallest absolute Gasteiger partial charge is 0.123 e. The van der Waals surface area contributed by atoms with Gasteiger partial charge < -0.3 is 9.74 Å². The summed E-state index contributed by atoms with van der Waals surface area (Å²) in [6, 6.07) is 7.17. The number of piperidine rings is 1. The van der Waals surface area contributed by atoms with E-state index < -0.39 is 0 Å². The topological polar surface area (TPSA) is 38.5 Å². The fraction of sp³-hybridized carbons (Fsp3) is 0.538. The second-order valence-electron chi connectivity index (χ2n) is 4.48. The first kappa shape index (κ1) is 12.3. The number of hydrogen-bond acceptors (Lipinski definition) is 3. The van der Waals surface area contributed by atoms with E-state index >= 15 is 0 Å². The van der Waals surface area contributed by atoms with Crippen molar-refractivity contribution in [3.05, 3.63) is 30.1 Å². The van der Waals surface area contributed by atoms with Crippen molar-refractivity contribution in [3.63, 3.8) is 0 Å². The van der Waals surface area contributed by atoms with Crippen LogP contribution in [0.3, 0.4) is 0 Å². The molecule has 94 valence electrons. The summed E-state index contributed by atoms with van der Waals surface area (Å²) >= 11 is 0. The summed E-state index contributed by atoms with van der Waals surface area (Å²) in [6.07, 6.45) is 4.51. The Morgan fingerprint density at radius 1 is 1.29 bits per heavy atom. The molecule has 1 aliphatic heterocycles. The fourth-order valence-electron chi connectivity index (χ4n) is 2.48. The van der Waals surface area contributed by atoms with Crippen LogP contribution in [0.2, 0.25) is 0 Å². The van der Waals surface area contributed by atoms with Gasteiger partial charge in [-0.15, -0.1) is 0 Å². The molecule has 0 aromatic heterocycles. The summed E-state index contributed by atoms with van der Waals surface area (Å²) in [6.45, 7) is 1.60.